The second kappa shape index (κ2) is 12.1. The van der Waals surface area contributed by atoms with Gasteiger partial charge in [-0.1, -0.05) is 29.8 Å². The Kier molecular flexibility index (Phi) is 8.75. The lowest BCUT2D eigenvalue weighted by atomic mass is 10.1. The van der Waals surface area contributed by atoms with Gasteiger partial charge in [-0.25, -0.2) is 10.2 Å². The fourth-order valence-corrected chi connectivity index (χ4v) is 3.18. The first kappa shape index (κ1) is 25.9. The van der Waals surface area contributed by atoms with Crippen molar-refractivity contribution in [3.05, 3.63) is 88.4 Å². The highest BCUT2D eigenvalue weighted by Gasteiger charge is 2.16. The van der Waals surface area contributed by atoms with Gasteiger partial charge in [-0.3, -0.25) is 9.59 Å². The molecule has 0 aliphatic carbocycles. The molecule has 2 N–H and O–H groups in total. The van der Waals surface area contributed by atoms with Crippen LogP contribution in [0.15, 0.2) is 71.8 Å². The molecule has 0 saturated heterocycles. The molecule has 3 aromatic rings. The van der Waals surface area contributed by atoms with Gasteiger partial charge in [0.1, 0.15) is 0 Å². The van der Waals surface area contributed by atoms with Crippen molar-refractivity contribution in [3.8, 4) is 17.6 Å². The molecule has 9 nitrogen and oxygen atoms in total. The molecule has 0 radical (unpaired) electrons. The van der Waals surface area contributed by atoms with E-state index >= 15 is 0 Å². The third-order valence-electron chi connectivity index (χ3n) is 4.87. The fraction of sp³-hybridized carbons (Fsp3) is 0.115. The molecule has 0 aliphatic rings. The van der Waals surface area contributed by atoms with E-state index in [1.807, 2.05) is 6.07 Å². The average Bonchev–Trinajstić information content (AvgIpc) is 2.88. The molecule has 3 rings (SSSR count). The van der Waals surface area contributed by atoms with Crippen LogP contribution >= 0.6 is 11.6 Å². The number of nitrogens with one attached hydrogen (secondary N) is 2. The van der Waals surface area contributed by atoms with E-state index in [1.165, 1.54) is 19.2 Å². The monoisotopic (exact) mass is 504 g/mol. The predicted molar refractivity (Wildman–Crippen MR) is 134 cm³/mol. The number of carbonyl (C=O) groups is 3. The summed E-state index contributed by atoms with van der Waals surface area (Å²) in [6.07, 6.45) is 0.249. The number of hydrogen-bond acceptors (Lipinski definition) is 7. The Hall–Kier alpha value is -4.68. The molecule has 36 heavy (non-hydrogen) atoms. The number of carbonyl (C=O) groups excluding carboxylic acids is 3. The van der Waals surface area contributed by atoms with Crippen LogP contribution in [0, 0.1) is 11.3 Å². The van der Waals surface area contributed by atoms with Gasteiger partial charge >= 0.3 is 17.8 Å². The van der Waals surface area contributed by atoms with Crippen LogP contribution in [0.3, 0.4) is 0 Å². The maximum absolute atomic E-state index is 12.4. The third kappa shape index (κ3) is 6.91. The van der Waals surface area contributed by atoms with Crippen LogP contribution in [0.25, 0.3) is 0 Å². The maximum atomic E-state index is 12.4. The van der Waals surface area contributed by atoms with Gasteiger partial charge in [0.2, 0.25) is 0 Å². The summed E-state index contributed by atoms with van der Waals surface area (Å²) in [6.45, 7) is 1.62. The number of anilines is 1. The van der Waals surface area contributed by atoms with E-state index in [1.54, 1.807) is 61.5 Å². The van der Waals surface area contributed by atoms with E-state index in [4.69, 9.17) is 26.3 Å². The molecule has 0 saturated carbocycles. The second-order valence-electron chi connectivity index (χ2n) is 7.39. The van der Waals surface area contributed by atoms with E-state index in [9.17, 15) is 14.4 Å². The molecule has 10 heteroatoms. The summed E-state index contributed by atoms with van der Waals surface area (Å²) in [7, 11) is 1.42. The van der Waals surface area contributed by atoms with E-state index in [-0.39, 0.29) is 23.5 Å². The van der Waals surface area contributed by atoms with Crippen LogP contribution in [0.4, 0.5) is 5.69 Å². The summed E-state index contributed by atoms with van der Waals surface area (Å²) < 4.78 is 10.7. The highest BCUT2D eigenvalue weighted by Crippen LogP contribution is 2.29. The van der Waals surface area contributed by atoms with Gasteiger partial charge in [-0.05, 0) is 61.0 Å². The zero-order valence-corrected chi connectivity index (χ0v) is 20.1. The van der Waals surface area contributed by atoms with Gasteiger partial charge < -0.3 is 14.8 Å². The highest BCUT2D eigenvalue weighted by atomic mass is 35.5. The second-order valence-corrected chi connectivity index (χ2v) is 7.83. The van der Waals surface area contributed by atoms with Crippen molar-refractivity contribution >= 4 is 40.8 Å². The Morgan fingerprint density at radius 2 is 1.72 bits per heavy atom. The molecular weight excluding hydrogens is 484 g/mol. The minimum absolute atomic E-state index is 0.184. The van der Waals surface area contributed by atoms with Gasteiger partial charge in [0.15, 0.2) is 11.5 Å². The number of rotatable bonds is 7. The third-order valence-corrected chi connectivity index (χ3v) is 5.11. The molecule has 3 aromatic carbocycles. The number of methoxy groups -OCH3 is 1. The predicted octanol–water partition coefficient (Wildman–Crippen LogP) is 4.11. The van der Waals surface area contributed by atoms with Gasteiger partial charge in [0.05, 0.1) is 30.9 Å². The normalized spacial score (nSPS) is 10.7. The molecule has 0 unspecified atom stereocenters. The van der Waals surface area contributed by atoms with E-state index in [2.05, 4.69) is 15.8 Å². The molecule has 0 heterocycles. The average molecular weight is 505 g/mol. The topological polar surface area (TPSA) is 130 Å². The highest BCUT2D eigenvalue weighted by molar-refractivity contribution is 6.39. The van der Waals surface area contributed by atoms with Gasteiger partial charge in [0, 0.05) is 16.3 Å². The lowest BCUT2D eigenvalue weighted by molar-refractivity contribution is -0.136. The number of halogens is 1. The molecule has 0 aromatic heterocycles. The molecule has 182 valence electrons. The number of hydrogen-bond donors (Lipinski definition) is 2. The zero-order valence-electron chi connectivity index (χ0n) is 19.4. The molecule has 0 aliphatic heterocycles. The first-order valence-electron chi connectivity index (χ1n) is 10.6. The van der Waals surface area contributed by atoms with Crippen LogP contribution in [-0.4, -0.2) is 30.6 Å². The summed E-state index contributed by atoms with van der Waals surface area (Å²) in [5, 5.41) is 15.5. The molecular formula is C26H21ClN4O5. The summed E-state index contributed by atoms with van der Waals surface area (Å²) in [4.78, 5) is 36.7. The minimum Gasteiger partial charge on any atom is -0.493 e. The number of nitriles is 1. The van der Waals surface area contributed by atoms with Crippen LogP contribution in [-0.2, 0) is 16.0 Å². The van der Waals surface area contributed by atoms with Crippen molar-refractivity contribution in [2.24, 2.45) is 5.10 Å². The zero-order chi connectivity index (χ0) is 26.1. The van der Waals surface area contributed by atoms with Crippen LogP contribution in [0.5, 0.6) is 11.5 Å². The van der Waals surface area contributed by atoms with E-state index in [0.717, 1.165) is 5.56 Å². The first-order chi connectivity index (χ1) is 17.3. The number of esters is 1. The van der Waals surface area contributed by atoms with Crippen molar-refractivity contribution < 1.29 is 23.9 Å². The smallest absolute Gasteiger partial charge is 0.343 e. The lowest BCUT2D eigenvalue weighted by Crippen LogP contribution is -2.32. The van der Waals surface area contributed by atoms with Crippen molar-refractivity contribution in [2.75, 3.05) is 12.4 Å². The van der Waals surface area contributed by atoms with E-state index < -0.39 is 17.8 Å². The van der Waals surface area contributed by atoms with Crippen LogP contribution in [0.1, 0.15) is 28.4 Å². The minimum atomic E-state index is -0.963. The number of benzene rings is 3. The SMILES string of the molecule is COc1cc(C(C)=NNC(=O)C(=O)Nc2ccc(CC#N)cc2)ccc1OC(=O)c1cccc(Cl)c1. The number of ether oxygens (including phenoxy) is 2. The Morgan fingerprint density at radius 3 is 2.39 bits per heavy atom. The van der Waals surface area contributed by atoms with Gasteiger partial charge in [-0.15, -0.1) is 0 Å². The summed E-state index contributed by atoms with van der Waals surface area (Å²) >= 11 is 5.92. The fourth-order valence-electron chi connectivity index (χ4n) is 2.99. The molecule has 0 spiro atoms. The van der Waals surface area contributed by atoms with Crippen molar-refractivity contribution in [3.63, 3.8) is 0 Å². The van der Waals surface area contributed by atoms with Crippen LogP contribution in [0.2, 0.25) is 5.02 Å². The summed E-state index contributed by atoms with van der Waals surface area (Å²) in [5.74, 6) is -2.02. The molecule has 0 bridgehead atoms. The summed E-state index contributed by atoms with van der Waals surface area (Å²) in [5.41, 5.74) is 4.62. The Labute approximate surface area is 212 Å². The van der Waals surface area contributed by atoms with Crippen molar-refractivity contribution in [1.82, 2.24) is 5.43 Å². The first-order valence-corrected chi connectivity index (χ1v) is 11.0. The Balaban J connectivity index is 1.64. The number of amides is 2. The van der Waals surface area contributed by atoms with Crippen molar-refractivity contribution in [1.29, 1.82) is 5.26 Å². The number of hydrazone groups is 1. The largest absolute Gasteiger partial charge is 0.493 e. The quantitative estimate of drug-likeness (QED) is 0.164. The molecule has 2 amide bonds. The summed E-state index contributed by atoms with van der Waals surface area (Å²) in [6, 6.07) is 19.7. The van der Waals surface area contributed by atoms with Crippen molar-refractivity contribution in [2.45, 2.75) is 13.3 Å². The van der Waals surface area contributed by atoms with E-state index in [0.29, 0.717) is 22.0 Å². The maximum Gasteiger partial charge on any atom is 0.343 e. The Morgan fingerprint density at radius 1 is 0.972 bits per heavy atom. The molecule has 0 fully saturated rings. The standard InChI is InChI=1S/C26H21ClN4O5/c1-16(30-31-25(33)24(32)29-21-9-6-17(7-10-21)12-13-28)18-8-11-22(23(15-18)35-2)36-26(34)19-4-3-5-20(27)14-19/h3-11,14-15H,12H2,1-2H3,(H,29,32)(H,31,33). The van der Waals surface area contributed by atoms with Crippen LogP contribution < -0.4 is 20.2 Å². The Bertz CT molecular complexity index is 1360. The number of nitrogens with zero attached hydrogens (tertiary/aromatic N) is 2. The van der Waals surface area contributed by atoms with Gasteiger partial charge in [-0.2, -0.15) is 10.4 Å². The lowest BCUT2D eigenvalue weighted by Gasteiger charge is -2.11. The van der Waals surface area contributed by atoms with Gasteiger partial charge in [0.25, 0.3) is 0 Å². The molecule has 0 atom stereocenters.